The first-order valence-corrected chi connectivity index (χ1v) is 10.3. The van der Waals surface area contributed by atoms with Crippen LogP contribution in [0.3, 0.4) is 0 Å². The van der Waals surface area contributed by atoms with Crippen molar-refractivity contribution in [2.45, 2.75) is 18.4 Å². The fourth-order valence-electron chi connectivity index (χ4n) is 3.83. The average molecular weight is 477 g/mol. The van der Waals surface area contributed by atoms with Gasteiger partial charge in [0, 0.05) is 24.5 Å². The van der Waals surface area contributed by atoms with Crippen molar-refractivity contribution in [1.29, 1.82) is 0 Å². The van der Waals surface area contributed by atoms with Gasteiger partial charge in [0.2, 0.25) is 0 Å². The zero-order chi connectivity index (χ0) is 23.2. The zero-order valence-electron chi connectivity index (χ0n) is 16.9. The summed E-state index contributed by atoms with van der Waals surface area (Å²) in [6, 6.07) is 6.80. The number of aromatic nitrogens is 4. The lowest BCUT2D eigenvalue weighted by Gasteiger charge is -2.28. The number of benzene rings is 2. The van der Waals surface area contributed by atoms with Crippen LogP contribution < -0.4 is 5.32 Å². The van der Waals surface area contributed by atoms with E-state index in [-0.39, 0.29) is 30.4 Å². The third kappa shape index (κ3) is 3.99. The molecular formula is C21H16ClF3N6O2. The van der Waals surface area contributed by atoms with Crippen molar-refractivity contribution in [3.63, 3.8) is 0 Å². The Labute approximate surface area is 189 Å². The largest absolute Gasteiger partial charge is 0.424 e. The van der Waals surface area contributed by atoms with Crippen LogP contribution in [0.1, 0.15) is 16.8 Å². The first-order valence-electron chi connectivity index (χ1n) is 9.97. The number of hydrogen-bond acceptors (Lipinski definition) is 6. The molecule has 0 saturated carbocycles. The van der Waals surface area contributed by atoms with Gasteiger partial charge in [-0.25, -0.2) is 13.2 Å². The molecule has 0 bridgehead atoms. The summed E-state index contributed by atoms with van der Waals surface area (Å²) >= 11 is 5.94. The molecule has 3 heterocycles. The summed E-state index contributed by atoms with van der Waals surface area (Å²) in [6.07, 6.45) is 2.25. The van der Waals surface area contributed by atoms with E-state index < -0.39 is 30.1 Å². The van der Waals surface area contributed by atoms with Crippen LogP contribution in [0.4, 0.5) is 19.2 Å². The van der Waals surface area contributed by atoms with E-state index in [1.54, 1.807) is 18.2 Å². The number of carbonyl (C=O) groups excluding carboxylic acids is 1. The van der Waals surface area contributed by atoms with E-state index >= 15 is 0 Å². The molecule has 1 amide bonds. The molecule has 33 heavy (non-hydrogen) atoms. The molecule has 4 aromatic rings. The molecule has 0 radical (unpaired) electrons. The summed E-state index contributed by atoms with van der Waals surface area (Å²) in [5, 5.41) is 11.1. The monoisotopic (exact) mass is 476 g/mol. The van der Waals surface area contributed by atoms with Crippen LogP contribution in [0.5, 0.6) is 0 Å². The number of halogens is 4. The highest BCUT2D eigenvalue weighted by Crippen LogP contribution is 2.36. The minimum absolute atomic E-state index is 0.0227. The number of hydrogen-bond donors (Lipinski definition) is 1. The molecule has 8 nitrogen and oxygen atoms in total. The minimum Gasteiger partial charge on any atom is -0.424 e. The summed E-state index contributed by atoms with van der Waals surface area (Å²) in [5.74, 6) is -4.61. The van der Waals surface area contributed by atoms with E-state index in [4.69, 9.17) is 16.0 Å². The number of nitrogens with zero attached hydrogens (tertiary/aromatic N) is 5. The maximum atomic E-state index is 14.7. The molecule has 2 aromatic carbocycles. The van der Waals surface area contributed by atoms with E-state index in [2.05, 4.69) is 20.5 Å². The molecule has 1 aliphatic rings. The van der Waals surface area contributed by atoms with Gasteiger partial charge in [-0.2, -0.15) is 20.0 Å². The first kappa shape index (κ1) is 21.3. The van der Waals surface area contributed by atoms with Crippen LogP contribution in [0.25, 0.3) is 16.8 Å². The highest BCUT2D eigenvalue weighted by molar-refractivity contribution is 6.31. The smallest absolute Gasteiger partial charge is 0.295 e. The molecule has 12 heteroatoms. The van der Waals surface area contributed by atoms with Gasteiger partial charge >= 0.3 is 0 Å². The molecule has 1 N–H and O–H groups in total. The molecule has 2 aromatic heterocycles. The van der Waals surface area contributed by atoms with Crippen molar-refractivity contribution in [2.24, 2.45) is 0 Å². The fraction of sp³-hybridized carbons (Fsp3) is 0.238. The van der Waals surface area contributed by atoms with Crippen molar-refractivity contribution >= 4 is 34.6 Å². The van der Waals surface area contributed by atoms with Crippen LogP contribution in [0, 0.1) is 5.82 Å². The Morgan fingerprint density at radius 1 is 1.21 bits per heavy atom. The summed E-state index contributed by atoms with van der Waals surface area (Å²) in [7, 11) is 0. The lowest BCUT2D eigenvalue weighted by molar-refractivity contribution is -0.0249. The second-order valence-corrected chi connectivity index (χ2v) is 7.95. The lowest BCUT2D eigenvalue weighted by atomic mass is 10.1. The molecule has 0 aliphatic carbocycles. The molecule has 1 unspecified atom stereocenters. The van der Waals surface area contributed by atoms with Crippen molar-refractivity contribution in [3.05, 3.63) is 65.2 Å². The van der Waals surface area contributed by atoms with Crippen molar-refractivity contribution in [3.8, 4) is 5.69 Å². The van der Waals surface area contributed by atoms with Gasteiger partial charge in [0.15, 0.2) is 5.58 Å². The van der Waals surface area contributed by atoms with Gasteiger partial charge in [0.05, 0.1) is 23.6 Å². The van der Waals surface area contributed by atoms with Gasteiger partial charge in [0.1, 0.15) is 17.4 Å². The van der Waals surface area contributed by atoms with E-state index in [1.165, 1.54) is 18.5 Å². The number of alkyl halides is 2. The Hall–Kier alpha value is -3.60. The number of likely N-dealkylation sites (tertiary alicyclic amines) is 1. The number of nitrogens with one attached hydrogen (secondary N) is 1. The van der Waals surface area contributed by atoms with E-state index in [1.807, 2.05) is 0 Å². The molecule has 1 fully saturated rings. The van der Waals surface area contributed by atoms with Crippen LogP contribution >= 0.6 is 11.6 Å². The summed E-state index contributed by atoms with van der Waals surface area (Å²) in [6.45, 7) is -0.534. The highest BCUT2D eigenvalue weighted by Gasteiger charge is 2.51. The number of carbonyl (C=O) groups is 1. The summed E-state index contributed by atoms with van der Waals surface area (Å²) in [4.78, 5) is 19.6. The third-order valence-electron chi connectivity index (χ3n) is 5.43. The number of rotatable bonds is 5. The molecule has 170 valence electrons. The Morgan fingerprint density at radius 3 is 2.79 bits per heavy atom. The SMILES string of the molecule is O=C(c1cc(F)ccc1-n1nccn1)N1CCC(F)(F)C1CNc1nc2cc(Cl)ccc2o1. The van der Waals surface area contributed by atoms with E-state index in [0.717, 1.165) is 21.8 Å². The zero-order valence-corrected chi connectivity index (χ0v) is 17.6. The maximum Gasteiger partial charge on any atom is 0.295 e. The molecule has 1 saturated heterocycles. The quantitative estimate of drug-likeness (QED) is 0.465. The molecule has 1 atom stereocenters. The van der Waals surface area contributed by atoms with E-state index in [0.29, 0.717) is 16.1 Å². The van der Waals surface area contributed by atoms with Crippen molar-refractivity contribution < 1.29 is 22.4 Å². The first-order chi connectivity index (χ1) is 15.8. The van der Waals surface area contributed by atoms with Gasteiger partial charge in [-0.05, 0) is 36.4 Å². The van der Waals surface area contributed by atoms with Crippen molar-refractivity contribution in [1.82, 2.24) is 24.9 Å². The molecule has 0 spiro atoms. The second-order valence-electron chi connectivity index (χ2n) is 7.52. The minimum atomic E-state index is -3.17. The van der Waals surface area contributed by atoms with Gasteiger partial charge < -0.3 is 14.6 Å². The molecule has 5 rings (SSSR count). The second kappa shape index (κ2) is 8.07. The average Bonchev–Trinajstić information content (AvgIpc) is 3.50. The topological polar surface area (TPSA) is 89.1 Å². The van der Waals surface area contributed by atoms with Crippen LogP contribution in [0.15, 0.2) is 53.2 Å². The van der Waals surface area contributed by atoms with Crippen LogP contribution in [0.2, 0.25) is 5.02 Å². The standard InChI is InChI=1S/C21H16ClF3N6O2/c22-12-1-4-17-15(9-12)29-20(33-17)26-11-18-21(24,25)5-8-30(18)19(32)14-10-13(23)2-3-16(14)31-27-6-7-28-31/h1-4,6-7,9-10,18H,5,8,11H2,(H,26,29). The molecule has 1 aliphatic heterocycles. The normalized spacial score (nSPS) is 17.6. The van der Waals surface area contributed by atoms with Gasteiger partial charge in [-0.3, -0.25) is 4.79 Å². The predicted octanol–water partition coefficient (Wildman–Crippen LogP) is 4.16. The summed E-state index contributed by atoms with van der Waals surface area (Å²) < 4.78 is 49.0. The highest BCUT2D eigenvalue weighted by atomic mass is 35.5. The Bertz CT molecular complexity index is 1330. The number of oxazole rings is 1. The number of amides is 1. The van der Waals surface area contributed by atoms with Crippen molar-refractivity contribution in [2.75, 3.05) is 18.4 Å². The van der Waals surface area contributed by atoms with Crippen LogP contribution in [-0.2, 0) is 0 Å². The number of anilines is 1. The fourth-order valence-corrected chi connectivity index (χ4v) is 4.00. The van der Waals surface area contributed by atoms with Gasteiger partial charge in [-0.1, -0.05) is 11.6 Å². The Balaban J connectivity index is 1.42. The Kier molecular flexibility index (Phi) is 5.20. The third-order valence-corrected chi connectivity index (χ3v) is 5.67. The number of fused-ring (bicyclic) bond motifs is 1. The summed E-state index contributed by atoms with van der Waals surface area (Å²) in [5.41, 5.74) is 0.964. The van der Waals surface area contributed by atoms with E-state index in [9.17, 15) is 18.0 Å². The van der Waals surface area contributed by atoms with Gasteiger partial charge in [-0.15, -0.1) is 0 Å². The maximum absolute atomic E-state index is 14.7. The van der Waals surface area contributed by atoms with Crippen LogP contribution in [-0.4, -0.2) is 55.8 Å². The van der Waals surface area contributed by atoms with Gasteiger partial charge in [0.25, 0.3) is 17.8 Å². The predicted molar refractivity (Wildman–Crippen MR) is 113 cm³/mol. The lowest BCUT2D eigenvalue weighted by Crippen LogP contribution is -2.47. The molecular weight excluding hydrogens is 461 g/mol. The Morgan fingerprint density at radius 2 is 2.00 bits per heavy atom.